The molecule has 3 rings (SSSR count). The molecule has 1 unspecified atom stereocenters. The number of esters is 1. The molecular weight excluding hydrogens is 345 g/mol. The maximum Gasteiger partial charge on any atom is 0.466 e. The Kier molecular flexibility index (Phi) is 5.84. The molecule has 0 bridgehead atoms. The monoisotopic (exact) mass is 375 g/mol. The highest BCUT2D eigenvalue weighted by Crippen LogP contribution is 2.43. The summed E-state index contributed by atoms with van der Waals surface area (Å²) in [5.41, 5.74) is 1.23. The van der Waals surface area contributed by atoms with Gasteiger partial charge in [-0.3, -0.25) is 4.79 Å². The number of carbonyl (C=O) groups excluding carboxylic acids is 1. The van der Waals surface area contributed by atoms with Crippen LogP contribution in [0.1, 0.15) is 45.5 Å². The van der Waals surface area contributed by atoms with Crippen LogP contribution >= 0.6 is 0 Å². The molecule has 2 saturated heterocycles. The molecule has 0 spiro atoms. The first-order valence-electron chi connectivity index (χ1n) is 9.59. The molecule has 27 heavy (non-hydrogen) atoms. The highest BCUT2D eigenvalue weighted by molar-refractivity contribution is 6.48. The van der Waals surface area contributed by atoms with E-state index in [4.69, 9.17) is 18.8 Å². The number of hydrogen-bond donors (Lipinski definition) is 0. The van der Waals surface area contributed by atoms with Gasteiger partial charge in [0.1, 0.15) is 0 Å². The quantitative estimate of drug-likeness (QED) is 0.583. The summed E-state index contributed by atoms with van der Waals surface area (Å²) in [5, 5.41) is 0. The minimum Gasteiger partial charge on any atom is -0.469 e. The smallest absolute Gasteiger partial charge is 0.466 e. The minimum absolute atomic E-state index is 0.203. The number of para-hydroxylation sites is 1. The summed E-state index contributed by atoms with van der Waals surface area (Å²) in [6.45, 7) is 11.1. The molecule has 1 aromatic rings. The third kappa shape index (κ3) is 4.15. The Labute approximate surface area is 162 Å². The number of nitrogens with zero attached hydrogens (tertiary/aromatic N) is 1. The van der Waals surface area contributed by atoms with Crippen LogP contribution in [0.25, 0.3) is 0 Å². The van der Waals surface area contributed by atoms with Crippen molar-refractivity contribution in [3.63, 3.8) is 0 Å². The molecule has 148 valence electrons. The normalized spacial score (nSPS) is 22.6. The van der Waals surface area contributed by atoms with Crippen LogP contribution < -0.4 is 4.90 Å². The Balaban J connectivity index is 1.96. The summed E-state index contributed by atoms with van der Waals surface area (Å²) < 4.78 is 23.1. The fraction of sp³-hybridized carbons (Fsp3) is 0.650. The zero-order chi connectivity index (χ0) is 19.7. The van der Waals surface area contributed by atoms with Crippen LogP contribution in [0, 0.1) is 0 Å². The molecule has 1 atom stereocenters. The third-order valence-corrected chi connectivity index (χ3v) is 5.90. The minimum atomic E-state index is -0.517. The Bertz CT molecular complexity index is 656. The van der Waals surface area contributed by atoms with E-state index in [2.05, 4.69) is 17.0 Å². The number of hydrogen-bond acceptors (Lipinski definition) is 6. The van der Waals surface area contributed by atoms with Crippen molar-refractivity contribution in [2.75, 3.05) is 38.3 Å². The first kappa shape index (κ1) is 20.2. The number of methoxy groups -OCH3 is 1. The second-order valence-corrected chi connectivity index (χ2v) is 8.17. The molecule has 0 N–H and O–H groups in total. The van der Waals surface area contributed by atoms with Crippen LogP contribution in [-0.4, -0.2) is 57.7 Å². The molecule has 1 aromatic carbocycles. The van der Waals surface area contributed by atoms with Gasteiger partial charge in [-0.25, -0.2) is 0 Å². The lowest BCUT2D eigenvalue weighted by atomic mass is 9.65. The predicted molar refractivity (Wildman–Crippen MR) is 105 cm³/mol. The molecule has 7 heteroatoms. The van der Waals surface area contributed by atoms with E-state index in [1.807, 2.05) is 39.8 Å². The number of carbonyl (C=O) groups is 1. The van der Waals surface area contributed by atoms with Crippen LogP contribution in [0.4, 0.5) is 5.69 Å². The zero-order valence-electron chi connectivity index (χ0n) is 17.0. The Hall–Kier alpha value is -1.57. The van der Waals surface area contributed by atoms with Crippen molar-refractivity contribution in [2.24, 2.45) is 0 Å². The van der Waals surface area contributed by atoms with Gasteiger partial charge in [0.25, 0.3) is 0 Å². The predicted octanol–water partition coefficient (Wildman–Crippen LogP) is 2.80. The van der Waals surface area contributed by atoms with E-state index in [0.717, 1.165) is 24.3 Å². The molecule has 2 aliphatic heterocycles. The lowest BCUT2D eigenvalue weighted by Gasteiger charge is -2.32. The first-order chi connectivity index (χ1) is 12.7. The number of anilines is 1. The Morgan fingerprint density at radius 1 is 1.15 bits per heavy atom. The summed E-state index contributed by atoms with van der Waals surface area (Å²) in [7, 11) is 0.897. The summed E-state index contributed by atoms with van der Waals surface area (Å²) in [4.78, 5) is 14.5. The summed E-state index contributed by atoms with van der Waals surface area (Å²) in [6.07, 6.45) is 0.203. The van der Waals surface area contributed by atoms with E-state index in [1.54, 1.807) is 0 Å². The van der Waals surface area contributed by atoms with Crippen molar-refractivity contribution >= 4 is 18.8 Å². The molecule has 6 nitrogen and oxygen atoms in total. The van der Waals surface area contributed by atoms with Crippen molar-refractivity contribution in [2.45, 2.75) is 51.1 Å². The molecule has 2 fully saturated rings. The van der Waals surface area contributed by atoms with Gasteiger partial charge in [0.2, 0.25) is 0 Å². The number of ether oxygens (including phenoxy) is 2. The van der Waals surface area contributed by atoms with Gasteiger partial charge in [-0.1, -0.05) is 18.2 Å². The van der Waals surface area contributed by atoms with Gasteiger partial charge in [-0.05, 0) is 39.3 Å². The molecule has 0 aromatic heterocycles. The van der Waals surface area contributed by atoms with E-state index in [-0.39, 0.29) is 18.2 Å². The summed E-state index contributed by atoms with van der Waals surface area (Å²) in [5.74, 6) is -0.524. The average molecular weight is 375 g/mol. The largest absolute Gasteiger partial charge is 0.469 e. The molecule has 0 saturated carbocycles. The molecule has 2 aliphatic rings. The van der Waals surface area contributed by atoms with Crippen LogP contribution in [0.2, 0.25) is 0 Å². The summed E-state index contributed by atoms with van der Waals surface area (Å²) in [6, 6.07) is 8.17. The van der Waals surface area contributed by atoms with E-state index >= 15 is 0 Å². The van der Waals surface area contributed by atoms with Crippen molar-refractivity contribution in [3.8, 4) is 0 Å². The lowest BCUT2D eigenvalue weighted by Crippen LogP contribution is -2.41. The Morgan fingerprint density at radius 2 is 1.74 bits per heavy atom. The topological polar surface area (TPSA) is 57.2 Å². The SMILES string of the molecule is COC(=O)CC(B1OC(C)(C)C(C)(C)O1)c1ccccc1N1CCOCC1. The van der Waals surface area contributed by atoms with Crippen LogP contribution in [0.5, 0.6) is 0 Å². The fourth-order valence-electron chi connectivity index (χ4n) is 3.56. The average Bonchev–Trinajstić information content (AvgIpc) is 2.87. The second kappa shape index (κ2) is 7.82. The van der Waals surface area contributed by atoms with Gasteiger partial charge < -0.3 is 23.7 Å². The molecule has 0 radical (unpaired) electrons. The summed E-state index contributed by atoms with van der Waals surface area (Å²) >= 11 is 0. The van der Waals surface area contributed by atoms with Crippen LogP contribution in [-0.2, 0) is 23.6 Å². The highest BCUT2D eigenvalue weighted by atomic mass is 16.7. The highest BCUT2D eigenvalue weighted by Gasteiger charge is 2.54. The number of rotatable bonds is 5. The van der Waals surface area contributed by atoms with Gasteiger partial charge in [0, 0.05) is 24.6 Å². The van der Waals surface area contributed by atoms with Crippen LogP contribution in [0.15, 0.2) is 24.3 Å². The van der Waals surface area contributed by atoms with Crippen molar-refractivity contribution in [1.29, 1.82) is 0 Å². The lowest BCUT2D eigenvalue weighted by molar-refractivity contribution is -0.140. The molecule has 0 amide bonds. The standard InChI is InChI=1S/C20H30BNO5/c1-19(2)20(3,4)27-21(26-19)16(14-18(23)24-5)15-8-6-7-9-17(15)22-10-12-25-13-11-22/h6-9,16H,10-14H2,1-5H3. The molecule has 2 heterocycles. The Morgan fingerprint density at radius 3 is 2.33 bits per heavy atom. The third-order valence-electron chi connectivity index (χ3n) is 5.90. The van der Waals surface area contributed by atoms with Gasteiger partial charge in [0.15, 0.2) is 0 Å². The zero-order valence-corrected chi connectivity index (χ0v) is 17.0. The van der Waals surface area contributed by atoms with Crippen molar-refractivity contribution in [3.05, 3.63) is 29.8 Å². The molecular formula is C20H30BNO5. The molecule has 0 aliphatic carbocycles. The fourth-order valence-corrected chi connectivity index (χ4v) is 3.56. The van der Waals surface area contributed by atoms with Gasteiger partial charge >= 0.3 is 13.1 Å². The van der Waals surface area contributed by atoms with Gasteiger partial charge in [0.05, 0.1) is 37.9 Å². The van der Waals surface area contributed by atoms with Gasteiger partial charge in [-0.2, -0.15) is 0 Å². The maximum atomic E-state index is 12.2. The van der Waals surface area contributed by atoms with Gasteiger partial charge in [-0.15, -0.1) is 0 Å². The van der Waals surface area contributed by atoms with Crippen molar-refractivity contribution < 1.29 is 23.6 Å². The van der Waals surface area contributed by atoms with Crippen LogP contribution in [0.3, 0.4) is 0 Å². The van der Waals surface area contributed by atoms with E-state index in [0.29, 0.717) is 13.2 Å². The number of benzene rings is 1. The maximum absolute atomic E-state index is 12.2. The van der Waals surface area contributed by atoms with E-state index in [1.165, 1.54) is 7.11 Å². The second-order valence-electron chi connectivity index (χ2n) is 8.17. The first-order valence-corrected chi connectivity index (χ1v) is 9.59. The van der Waals surface area contributed by atoms with Crippen molar-refractivity contribution in [1.82, 2.24) is 0 Å². The number of morpholine rings is 1. The van der Waals surface area contributed by atoms with E-state index in [9.17, 15) is 4.79 Å². The van der Waals surface area contributed by atoms with E-state index < -0.39 is 18.3 Å².